The van der Waals surface area contributed by atoms with Gasteiger partial charge in [-0.15, -0.1) is 0 Å². The van der Waals surface area contributed by atoms with E-state index in [2.05, 4.69) is 0 Å². The number of rotatable bonds is 4. The van der Waals surface area contributed by atoms with Gasteiger partial charge in [-0.3, -0.25) is 4.79 Å². The Morgan fingerprint density at radius 1 is 0.808 bits per heavy atom. The molecule has 0 saturated carbocycles. The van der Waals surface area contributed by atoms with Gasteiger partial charge >= 0.3 is 0 Å². The monoisotopic (exact) mass is 339 g/mol. The fourth-order valence-electron chi connectivity index (χ4n) is 3.08. The zero-order valence-electron chi connectivity index (χ0n) is 14.3. The van der Waals surface area contributed by atoms with Crippen molar-refractivity contribution in [2.24, 2.45) is 0 Å². The molecule has 3 aromatic carbocycles. The van der Waals surface area contributed by atoms with Crippen LogP contribution in [0.5, 0.6) is 5.75 Å². The van der Waals surface area contributed by atoms with Gasteiger partial charge in [0.2, 0.25) is 0 Å². The molecule has 0 saturated heterocycles. The largest absolute Gasteiger partial charge is 0.496 e. The average Bonchev–Trinajstić information content (AvgIpc) is 2.73. The Balaban J connectivity index is 1.97. The van der Waals surface area contributed by atoms with Crippen molar-refractivity contribution < 1.29 is 9.53 Å². The molecule has 0 spiro atoms. The lowest BCUT2D eigenvalue weighted by Gasteiger charge is -2.12. The van der Waals surface area contributed by atoms with Crippen molar-refractivity contribution >= 4 is 16.7 Å². The van der Waals surface area contributed by atoms with E-state index in [-0.39, 0.29) is 5.78 Å². The van der Waals surface area contributed by atoms with Gasteiger partial charge in [0, 0.05) is 16.5 Å². The van der Waals surface area contributed by atoms with Gasteiger partial charge in [-0.05, 0) is 24.3 Å². The zero-order valence-corrected chi connectivity index (χ0v) is 14.3. The minimum atomic E-state index is -0.0976. The van der Waals surface area contributed by atoms with E-state index in [1.54, 1.807) is 19.2 Å². The van der Waals surface area contributed by atoms with Crippen LogP contribution in [-0.4, -0.2) is 17.9 Å². The van der Waals surface area contributed by atoms with Crippen molar-refractivity contribution in [1.29, 1.82) is 0 Å². The highest BCUT2D eigenvalue weighted by Gasteiger charge is 2.20. The lowest BCUT2D eigenvalue weighted by Crippen LogP contribution is -2.07. The number of para-hydroxylation sites is 2. The molecule has 3 heteroatoms. The molecule has 4 rings (SSSR count). The molecule has 1 heterocycles. The van der Waals surface area contributed by atoms with E-state index in [9.17, 15) is 4.79 Å². The summed E-state index contributed by atoms with van der Waals surface area (Å²) in [6, 6.07) is 26.8. The van der Waals surface area contributed by atoms with E-state index in [1.807, 2.05) is 72.8 Å². The number of nitrogens with zero attached hydrogens (tertiary/aromatic N) is 1. The first-order valence-corrected chi connectivity index (χ1v) is 8.41. The maximum Gasteiger partial charge on any atom is 0.198 e. The van der Waals surface area contributed by atoms with Gasteiger partial charge in [0.05, 0.1) is 23.9 Å². The Kier molecular flexibility index (Phi) is 4.20. The number of methoxy groups -OCH3 is 1. The number of pyridine rings is 1. The lowest BCUT2D eigenvalue weighted by atomic mass is 9.96. The molecule has 3 nitrogen and oxygen atoms in total. The van der Waals surface area contributed by atoms with Crippen LogP contribution in [0.1, 0.15) is 15.9 Å². The number of carbonyl (C=O) groups excluding carboxylic acids is 1. The van der Waals surface area contributed by atoms with E-state index >= 15 is 0 Å². The average molecular weight is 339 g/mol. The van der Waals surface area contributed by atoms with Crippen molar-refractivity contribution in [2.45, 2.75) is 0 Å². The van der Waals surface area contributed by atoms with Gasteiger partial charge in [0.1, 0.15) is 5.75 Å². The van der Waals surface area contributed by atoms with Crippen LogP contribution in [-0.2, 0) is 0 Å². The third-order valence-corrected chi connectivity index (χ3v) is 4.37. The zero-order chi connectivity index (χ0) is 17.9. The molecule has 0 unspecified atom stereocenters. The van der Waals surface area contributed by atoms with Crippen LogP contribution in [0.25, 0.3) is 22.2 Å². The highest BCUT2D eigenvalue weighted by molar-refractivity contribution is 6.15. The van der Waals surface area contributed by atoms with Crippen molar-refractivity contribution in [3.8, 4) is 17.0 Å². The molecule has 0 aliphatic heterocycles. The minimum absolute atomic E-state index is 0.0976. The number of carbonyl (C=O) groups is 1. The number of aromatic nitrogens is 1. The Labute approximate surface area is 151 Å². The Morgan fingerprint density at radius 2 is 1.50 bits per heavy atom. The second kappa shape index (κ2) is 6.81. The second-order valence-electron chi connectivity index (χ2n) is 5.97. The molecule has 26 heavy (non-hydrogen) atoms. The fraction of sp³-hybridized carbons (Fsp3) is 0.0435. The molecule has 0 aliphatic carbocycles. The summed E-state index contributed by atoms with van der Waals surface area (Å²) in [4.78, 5) is 18.1. The van der Waals surface area contributed by atoms with Gasteiger partial charge in [-0.2, -0.15) is 0 Å². The fourth-order valence-corrected chi connectivity index (χ4v) is 3.08. The Morgan fingerprint density at radius 3 is 2.31 bits per heavy atom. The number of ether oxygens (including phenoxy) is 1. The standard InChI is InChI=1S/C23H17NO2/c1-26-21-14-8-6-12-18(21)23(25)19-15-17-11-5-7-13-20(17)24-22(19)16-9-3-2-4-10-16/h2-15H,1H3. The SMILES string of the molecule is COc1ccccc1C(=O)c1cc2ccccc2nc1-c1ccccc1. The lowest BCUT2D eigenvalue weighted by molar-refractivity contribution is 0.103. The van der Waals surface area contributed by atoms with Crippen LogP contribution in [0, 0.1) is 0 Å². The van der Waals surface area contributed by atoms with Gasteiger partial charge in [-0.1, -0.05) is 60.7 Å². The predicted octanol–water partition coefficient (Wildman–Crippen LogP) is 5.14. The van der Waals surface area contributed by atoms with E-state index in [1.165, 1.54) is 0 Å². The van der Waals surface area contributed by atoms with Crippen molar-refractivity contribution in [1.82, 2.24) is 4.98 Å². The Hall–Kier alpha value is -3.46. The molecule has 0 fully saturated rings. The normalized spacial score (nSPS) is 10.7. The molecule has 0 radical (unpaired) electrons. The van der Waals surface area contributed by atoms with Crippen LogP contribution < -0.4 is 4.74 Å². The topological polar surface area (TPSA) is 39.2 Å². The first kappa shape index (κ1) is 16.0. The summed E-state index contributed by atoms with van der Waals surface area (Å²) in [5, 5.41) is 0.936. The first-order chi connectivity index (χ1) is 12.8. The number of ketones is 1. The van der Waals surface area contributed by atoms with Crippen LogP contribution in [0.3, 0.4) is 0 Å². The molecule has 126 valence electrons. The van der Waals surface area contributed by atoms with Crippen molar-refractivity contribution in [3.63, 3.8) is 0 Å². The minimum Gasteiger partial charge on any atom is -0.496 e. The third kappa shape index (κ3) is 2.84. The van der Waals surface area contributed by atoms with Gasteiger partial charge < -0.3 is 4.74 Å². The summed E-state index contributed by atoms with van der Waals surface area (Å²) in [7, 11) is 1.57. The molecular weight excluding hydrogens is 322 g/mol. The number of benzene rings is 3. The molecular formula is C23H17NO2. The van der Waals surface area contributed by atoms with Gasteiger partial charge in [0.15, 0.2) is 5.78 Å². The molecule has 0 atom stereocenters. The van der Waals surface area contributed by atoms with E-state index in [0.717, 1.165) is 16.5 Å². The summed E-state index contributed by atoms with van der Waals surface area (Å²) >= 11 is 0. The summed E-state index contributed by atoms with van der Waals surface area (Å²) in [5.74, 6) is 0.462. The third-order valence-electron chi connectivity index (χ3n) is 4.37. The molecule has 4 aromatic rings. The summed E-state index contributed by atoms with van der Waals surface area (Å²) in [5.41, 5.74) is 3.56. The van der Waals surface area contributed by atoms with E-state index < -0.39 is 0 Å². The van der Waals surface area contributed by atoms with Crippen LogP contribution in [0.2, 0.25) is 0 Å². The van der Waals surface area contributed by atoms with Gasteiger partial charge in [-0.25, -0.2) is 4.98 Å². The highest BCUT2D eigenvalue weighted by atomic mass is 16.5. The maximum atomic E-state index is 13.3. The molecule has 0 aliphatic rings. The van der Waals surface area contributed by atoms with Crippen LogP contribution in [0.15, 0.2) is 84.9 Å². The number of hydrogen-bond donors (Lipinski definition) is 0. The summed E-state index contributed by atoms with van der Waals surface area (Å²) in [6.45, 7) is 0. The summed E-state index contributed by atoms with van der Waals surface area (Å²) < 4.78 is 5.38. The molecule has 0 N–H and O–H groups in total. The van der Waals surface area contributed by atoms with Crippen molar-refractivity contribution in [2.75, 3.05) is 7.11 Å². The van der Waals surface area contributed by atoms with Gasteiger partial charge in [0.25, 0.3) is 0 Å². The van der Waals surface area contributed by atoms with E-state index in [4.69, 9.17) is 9.72 Å². The smallest absolute Gasteiger partial charge is 0.198 e. The molecule has 0 amide bonds. The first-order valence-electron chi connectivity index (χ1n) is 8.41. The molecule has 1 aromatic heterocycles. The van der Waals surface area contributed by atoms with Crippen LogP contribution >= 0.6 is 0 Å². The Bertz CT molecular complexity index is 1090. The quantitative estimate of drug-likeness (QED) is 0.483. The molecule has 0 bridgehead atoms. The highest BCUT2D eigenvalue weighted by Crippen LogP contribution is 2.30. The van der Waals surface area contributed by atoms with Crippen LogP contribution in [0.4, 0.5) is 0 Å². The van der Waals surface area contributed by atoms with E-state index in [0.29, 0.717) is 22.6 Å². The van der Waals surface area contributed by atoms with Crippen molar-refractivity contribution in [3.05, 3.63) is 96.1 Å². The number of hydrogen-bond acceptors (Lipinski definition) is 3. The second-order valence-corrected chi connectivity index (χ2v) is 5.97. The summed E-state index contributed by atoms with van der Waals surface area (Å²) in [6.07, 6.45) is 0. The number of fused-ring (bicyclic) bond motifs is 1. The maximum absolute atomic E-state index is 13.3. The predicted molar refractivity (Wildman–Crippen MR) is 104 cm³/mol.